The first-order chi connectivity index (χ1) is 12.9. The third-order valence-electron chi connectivity index (χ3n) is 4.03. The number of nitrogens with zero attached hydrogens (tertiary/aromatic N) is 1. The molecule has 0 unspecified atom stereocenters. The molecule has 0 aliphatic carbocycles. The fourth-order valence-corrected chi connectivity index (χ4v) is 2.49. The predicted octanol–water partition coefficient (Wildman–Crippen LogP) is 4.52. The van der Waals surface area contributed by atoms with E-state index in [9.17, 15) is 14.9 Å². The Balaban J connectivity index is 1.82. The number of nitrogens with one attached hydrogen (secondary N) is 1. The molecule has 0 spiro atoms. The average molecular weight is 372 g/mol. The van der Waals surface area contributed by atoms with Crippen molar-refractivity contribution in [1.29, 1.82) is 0 Å². The maximum absolute atomic E-state index is 12.1. The molecule has 7 heteroatoms. The molecule has 144 valence electrons. The molecule has 0 radical (unpaired) electrons. The van der Waals surface area contributed by atoms with Gasteiger partial charge in [-0.1, -0.05) is 26.0 Å². The smallest absolute Gasteiger partial charge is 0.271 e. The summed E-state index contributed by atoms with van der Waals surface area (Å²) in [5, 5.41) is 13.5. The number of methoxy groups -OCH3 is 1. The fraction of sp³-hybridized carbons (Fsp3) is 0.350. The molecule has 2 aromatic carbocycles. The number of nitro groups is 1. The van der Waals surface area contributed by atoms with E-state index in [-0.39, 0.29) is 23.7 Å². The maximum Gasteiger partial charge on any atom is 0.271 e. The summed E-state index contributed by atoms with van der Waals surface area (Å²) in [4.78, 5) is 22.5. The number of anilines is 1. The normalized spacial score (nSPS) is 10.5. The van der Waals surface area contributed by atoms with Crippen molar-refractivity contribution >= 4 is 17.3 Å². The molecule has 1 N–H and O–H groups in total. The minimum Gasteiger partial charge on any atom is -0.495 e. The van der Waals surface area contributed by atoms with Crippen LogP contribution in [-0.2, 0) is 4.79 Å². The molecular formula is C20H24N2O5. The highest BCUT2D eigenvalue weighted by Crippen LogP contribution is 2.29. The Hall–Kier alpha value is -3.09. The number of amides is 1. The number of ether oxygens (including phenoxy) is 2. The first-order valence-corrected chi connectivity index (χ1v) is 8.75. The van der Waals surface area contributed by atoms with Crippen molar-refractivity contribution in [1.82, 2.24) is 0 Å². The summed E-state index contributed by atoms with van der Waals surface area (Å²) in [5.41, 5.74) is 1.41. The molecule has 0 saturated heterocycles. The van der Waals surface area contributed by atoms with E-state index in [0.29, 0.717) is 24.7 Å². The van der Waals surface area contributed by atoms with Gasteiger partial charge in [0, 0.05) is 18.6 Å². The zero-order chi connectivity index (χ0) is 19.8. The highest BCUT2D eigenvalue weighted by molar-refractivity contribution is 5.92. The summed E-state index contributed by atoms with van der Waals surface area (Å²) in [5.74, 6) is 1.34. The van der Waals surface area contributed by atoms with Crippen LogP contribution in [0.1, 0.15) is 38.2 Å². The molecule has 0 aliphatic rings. The summed E-state index contributed by atoms with van der Waals surface area (Å²) in [7, 11) is 1.44. The predicted molar refractivity (Wildman–Crippen MR) is 104 cm³/mol. The zero-order valence-corrected chi connectivity index (χ0v) is 15.7. The van der Waals surface area contributed by atoms with Gasteiger partial charge in [-0.3, -0.25) is 14.9 Å². The molecule has 0 heterocycles. The van der Waals surface area contributed by atoms with Crippen LogP contribution in [-0.4, -0.2) is 24.5 Å². The largest absolute Gasteiger partial charge is 0.495 e. The molecule has 2 rings (SSSR count). The second kappa shape index (κ2) is 9.56. The number of carbonyl (C=O) groups is 1. The number of nitro benzene ring substituents is 1. The number of hydrogen-bond acceptors (Lipinski definition) is 5. The lowest BCUT2D eigenvalue weighted by atomic mass is 10.0. The Morgan fingerprint density at radius 3 is 2.48 bits per heavy atom. The number of hydrogen-bond donors (Lipinski definition) is 1. The maximum atomic E-state index is 12.1. The Bertz CT molecular complexity index is 787. The SMILES string of the molecule is COc1ccc([N+](=O)[O-])cc1NC(=O)CCCOc1ccc(C(C)C)cc1. The summed E-state index contributed by atoms with van der Waals surface area (Å²) in [6.45, 7) is 4.66. The minimum absolute atomic E-state index is 0.112. The van der Waals surface area contributed by atoms with Crippen LogP contribution in [0.3, 0.4) is 0 Å². The molecule has 0 aromatic heterocycles. The van der Waals surface area contributed by atoms with E-state index < -0.39 is 4.92 Å². The van der Waals surface area contributed by atoms with Crippen molar-refractivity contribution in [2.75, 3.05) is 19.0 Å². The van der Waals surface area contributed by atoms with E-state index in [2.05, 4.69) is 19.2 Å². The Morgan fingerprint density at radius 1 is 1.19 bits per heavy atom. The molecule has 2 aromatic rings. The standard InChI is InChI=1S/C20H24N2O5/c1-14(2)15-6-9-17(10-7-15)27-12-4-5-20(23)21-18-13-16(22(24)25)8-11-19(18)26-3/h6-11,13-14H,4-5,12H2,1-3H3,(H,21,23). The quantitative estimate of drug-likeness (QED) is 0.397. The number of benzene rings is 2. The van der Waals surface area contributed by atoms with Crippen LogP contribution in [0, 0.1) is 10.1 Å². The van der Waals surface area contributed by atoms with Gasteiger partial charge in [-0.15, -0.1) is 0 Å². The number of carbonyl (C=O) groups excluding carboxylic acids is 1. The highest BCUT2D eigenvalue weighted by Gasteiger charge is 2.13. The third kappa shape index (κ3) is 5.99. The van der Waals surface area contributed by atoms with E-state index in [1.165, 1.54) is 30.9 Å². The summed E-state index contributed by atoms with van der Waals surface area (Å²) in [6.07, 6.45) is 0.755. The van der Waals surface area contributed by atoms with Crippen LogP contribution in [0.2, 0.25) is 0 Å². The van der Waals surface area contributed by atoms with Crippen molar-refractivity contribution in [3.05, 3.63) is 58.1 Å². The van der Waals surface area contributed by atoms with Gasteiger partial charge >= 0.3 is 0 Å². The van der Waals surface area contributed by atoms with Crippen LogP contribution in [0.4, 0.5) is 11.4 Å². The van der Waals surface area contributed by atoms with Crippen molar-refractivity contribution < 1.29 is 19.2 Å². The first kappa shape index (κ1) is 20.2. The Kier molecular flexibility index (Phi) is 7.16. The van der Waals surface area contributed by atoms with Gasteiger partial charge < -0.3 is 14.8 Å². The number of non-ortho nitro benzene ring substituents is 1. The fourth-order valence-electron chi connectivity index (χ4n) is 2.49. The summed E-state index contributed by atoms with van der Waals surface area (Å²) < 4.78 is 10.8. The van der Waals surface area contributed by atoms with Crippen LogP contribution in [0.15, 0.2) is 42.5 Å². The Morgan fingerprint density at radius 2 is 1.89 bits per heavy atom. The average Bonchev–Trinajstić information content (AvgIpc) is 2.65. The number of rotatable bonds is 9. The second-order valence-corrected chi connectivity index (χ2v) is 6.37. The molecule has 0 atom stereocenters. The van der Waals surface area contributed by atoms with Gasteiger partial charge in [0.2, 0.25) is 5.91 Å². The van der Waals surface area contributed by atoms with Gasteiger partial charge in [0.15, 0.2) is 0 Å². The topological polar surface area (TPSA) is 90.7 Å². The summed E-state index contributed by atoms with van der Waals surface area (Å²) >= 11 is 0. The minimum atomic E-state index is -0.520. The zero-order valence-electron chi connectivity index (χ0n) is 15.7. The molecule has 0 aliphatic heterocycles. The first-order valence-electron chi connectivity index (χ1n) is 8.75. The van der Waals surface area contributed by atoms with Crippen LogP contribution < -0.4 is 14.8 Å². The van der Waals surface area contributed by atoms with Crippen LogP contribution >= 0.6 is 0 Å². The lowest BCUT2D eigenvalue weighted by Gasteiger charge is -2.11. The molecular weight excluding hydrogens is 348 g/mol. The second-order valence-electron chi connectivity index (χ2n) is 6.37. The van der Waals surface area contributed by atoms with Crippen LogP contribution in [0.25, 0.3) is 0 Å². The molecule has 0 saturated carbocycles. The molecule has 7 nitrogen and oxygen atoms in total. The van der Waals surface area contributed by atoms with E-state index in [0.717, 1.165) is 5.75 Å². The van der Waals surface area contributed by atoms with Gasteiger partial charge in [-0.2, -0.15) is 0 Å². The van der Waals surface area contributed by atoms with Crippen LogP contribution in [0.5, 0.6) is 11.5 Å². The van der Waals surface area contributed by atoms with Gasteiger partial charge in [0.05, 0.1) is 24.3 Å². The monoisotopic (exact) mass is 372 g/mol. The van der Waals surface area contributed by atoms with Crippen molar-refractivity contribution in [2.45, 2.75) is 32.6 Å². The van der Waals surface area contributed by atoms with Gasteiger partial charge in [-0.25, -0.2) is 0 Å². The third-order valence-corrected chi connectivity index (χ3v) is 4.03. The molecule has 0 fully saturated rings. The van der Waals surface area contributed by atoms with E-state index in [4.69, 9.17) is 9.47 Å². The van der Waals surface area contributed by atoms with Crippen molar-refractivity contribution in [3.63, 3.8) is 0 Å². The van der Waals surface area contributed by atoms with Gasteiger partial charge in [0.25, 0.3) is 5.69 Å². The lowest BCUT2D eigenvalue weighted by Crippen LogP contribution is -2.13. The molecule has 1 amide bonds. The van der Waals surface area contributed by atoms with E-state index in [1.54, 1.807) is 0 Å². The van der Waals surface area contributed by atoms with Gasteiger partial charge in [0.1, 0.15) is 11.5 Å². The highest BCUT2D eigenvalue weighted by atomic mass is 16.6. The molecule has 27 heavy (non-hydrogen) atoms. The Labute approximate surface area is 158 Å². The van der Waals surface area contributed by atoms with E-state index in [1.807, 2.05) is 24.3 Å². The lowest BCUT2D eigenvalue weighted by molar-refractivity contribution is -0.384. The van der Waals surface area contributed by atoms with E-state index >= 15 is 0 Å². The van der Waals surface area contributed by atoms with Crippen molar-refractivity contribution in [3.8, 4) is 11.5 Å². The summed E-state index contributed by atoms with van der Waals surface area (Å²) in [6, 6.07) is 12.0. The van der Waals surface area contributed by atoms with Crippen molar-refractivity contribution in [2.24, 2.45) is 0 Å². The van der Waals surface area contributed by atoms with Gasteiger partial charge in [-0.05, 0) is 36.1 Å². The molecule has 0 bridgehead atoms.